The Morgan fingerprint density at radius 1 is 1.21 bits per heavy atom. The van der Waals surface area contributed by atoms with Crippen molar-refractivity contribution in [2.75, 3.05) is 19.7 Å². The smallest absolute Gasteiger partial charge is 0.307 e. The highest BCUT2D eigenvalue weighted by Crippen LogP contribution is 2.42. The lowest BCUT2D eigenvalue weighted by molar-refractivity contribution is -0.138. The van der Waals surface area contributed by atoms with Gasteiger partial charge in [0.15, 0.2) is 5.78 Å². The fraction of sp³-hybridized carbons (Fsp3) is 0.333. The molecular formula is C21H21I2NO5. The Kier molecular flexibility index (Phi) is 7.74. The van der Waals surface area contributed by atoms with E-state index < -0.39 is 18.0 Å². The van der Waals surface area contributed by atoms with E-state index in [2.05, 4.69) is 50.5 Å². The lowest BCUT2D eigenvalue weighted by Gasteiger charge is -2.18. The molecule has 0 fully saturated rings. The van der Waals surface area contributed by atoms with E-state index in [1.165, 1.54) is 0 Å². The summed E-state index contributed by atoms with van der Waals surface area (Å²) in [6, 6.07) is 10.8. The Morgan fingerprint density at radius 2 is 1.90 bits per heavy atom. The topological polar surface area (TPSA) is 84.9 Å². The van der Waals surface area contributed by atoms with E-state index in [9.17, 15) is 14.7 Å². The summed E-state index contributed by atoms with van der Waals surface area (Å²) in [6.45, 7) is 4.21. The first-order valence-electron chi connectivity index (χ1n) is 9.26. The molecule has 0 bridgehead atoms. The van der Waals surface area contributed by atoms with Crippen LogP contribution in [0.2, 0.25) is 0 Å². The molecule has 0 radical (unpaired) electrons. The van der Waals surface area contributed by atoms with Crippen LogP contribution in [0.25, 0.3) is 0 Å². The van der Waals surface area contributed by atoms with Crippen LogP contribution in [-0.4, -0.2) is 42.7 Å². The SMILES string of the molecule is CCNCCOc1c(I)cc(C(=O)C2c3ccccc3OC2CC(=O)O)cc1I. The number of ketones is 1. The van der Waals surface area contributed by atoms with Crippen molar-refractivity contribution < 1.29 is 24.2 Å². The van der Waals surface area contributed by atoms with Crippen molar-refractivity contribution in [3.63, 3.8) is 0 Å². The zero-order chi connectivity index (χ0) is 21.0. The summed E-state index contributed by atoms with van der Waals surface area (Å²) in [5.41, 5.74) is 1.26. The van der Waals surface area contributed by atoms with Gasteiger partial charge in [0.25, 0.3) is 0 Å². The van der Waals surface area contributed by atoms with Gasteiger partial charge < -0.3 is 19.9 Å². The number of hydrogen-bond acceptors (Lipinski definition) is 5. The predicted molar refractivity (Wildman–Crippen MR) is 126 cm³/mol. The molecule has 1 heterocycles. The van der Waals surface area contributed by atoms with E-state index in [1.54, 1.807) is 18.2 Å². The van der Waals surface area contributed by atoms with Crippen LogP contribution in [0.15, 0.2) is 36.4 Å². The number of fused-ring (bicyclic) bond motifs is 1. The third-order valence-electron chi connectivity index (χ3n) is 4.62. The second-order valence-corrected chi connectivity index (χ2v) is 8.93. The minimum atomic E-state index is -0.991. The third kappa shape index (κ3) is 5.21. The average molecular weight is 621 g/mol. The lowest BCUT2D eigenvalue weighted by atomic mass is 9.86. The van der Waals surface area contributed by atoms with Gasteiger partial charge in [-0.3, -0.25) is 9.59 Å². The number of carbonyl (C=O) groups excluding carboxylic acids is 1. The fourth-order valence-electron chi connectivity index (χ4n) is 3.34. The molecule has 29 heavy (non-hydrogen) atoms. The highest BCUT2D eigenvalue weighted by Gasteiger charge is 2.41. The zero-order valence-corrected chi connectivity index (χ0v) is 20.1. The summed E-state index contributed by atoms with van der Waals surface area (Å²) < 4.78 is 13.4. The largest absolute Gasteiger partial charge is 0.490 e. The van der Waals surface area contributed by atoms with Crippen molar-refractivity contribution in [1.82, 2.24) is 5.32 Å². The van der Waals surface area contributed by atoms with Crippen LogP contribution in [0, 0.1) is 7.14 Å². The first-order valence-corrected chi connectivity index (χ1v) is 11.4. The van der Waals surface area contributed by atoms with Gasteiger partial charge in [-0.15, -0.1) is 0 Å². The van der Waals surface area contributed by atoms with Gasteiger partial charge in [0.05, 0.1) is 19.5 Å². The molecule has 6 nitrogen and oxygen atoms in total. The third-order valence-corrected chi connectivity index (χ3v) is 6.22. The van der Waals surface area contributed by atoms with Crippen molar-refractivity contribution in [3.8, 4) is 11.5 Å². The molecule has 0 amide bonds. The van der Waals surface area contributed by atoms with Gasteiger partial charge in [0, 0.05) is 17.7 Å². The van der Waals surface area contributed by atoms with Crippen LogP contribution in [0.4, 0.5) is 0 Å². The van der Waals surface area contributed by atoms with Crippen LogP contribution < -0.4 is 14.8 Å². The van der Waals surface area contributed by atoms with E-state index in [-0.39, 0.29) is 12.2 Å². The molecule has 0 aliphatic carbocycles. The van der Waals surface area contributed by atoms with Gasteiger partial charge in [0.2, 0.25) is 0 Å². The number of Topliss-reactive ketones (excluding diaryl/α,β-unsaturated/α-hetero) is 1. The Hall–Kier alpha value is -1.40. The molecule has 2 unspecified atom stereocenters. The van der Waals surface area contributed by atoms with Gasteiger partial charge in [-0.1, -0.05) is 25.1 Å². The minimum Gasteiger partial charge on any atom is -0.490 e. The van der Waals surface area contributed by atoms with Crippen LogP contribution in [0.5, 0.6) is 11.5 Å². The zero-order valence-electron chi connectivity index (χ0n) is 15.8. The monoisotopic (exact) mass is 621 g/mol. The van der Waals surface area contributed by atoms with E-state index >= 15 is 0 Å². The Bertz CT molecular complexity index is 895. The number of nitrogens with one attached hydrogen (secondary N) is 1. The molecule has 2 N–H and O–H groups in total. The van der Waals surface area contributed by atoms with Crippen molar-refractivity contribution in [2.24, 2.45) is 0 Å². The molecule has 1 aliphatic heterocycles. The number of ether oxygens (including phenoxy) is 2. The number of likely N-dealkylation sites (N-methyl/N-ethyl adjacent to an activating group) is 1. The number of rotatable bonds is 9. The number of halogens is 2. The van der Waals surface area contributed by atoms with Crippen LogP contribution in [-0.2, 0) is 4.79 Å². The molecule has 8 heteroatoms. The minimum absolute atomic E-state index is 0.142. The van der Waals surface area contributed by atoms with Crippen molar-refractivity contribution in [3.05, 3.63) is 54.7 Å². The standard InChI is InChI=1S/C21H21I2NO5/c1-2-24-7-8-28-21-14(22)9-12(10-15(21)23)20(27)19-13-5-3-4-6-16(13)29-17(19)11-18(25)26/h3-6,9-10,17,19,24H,2,7-8,11H2,1H3,(H,25,26). The molecule has 0 saturated carbocycles. The first kappa shape index (κ1) is 22.3. The number of carboxylic acid groups (broad SMARTS) is 1. The first-order chi connectivity index (χ1) is 13.9. The van der Waals surface area contributed by atoms with E-state index in [0.29, 0.717) is 17.9 Å². The number of carboxylic acids is 1. The Labute approximate surface area is 196 Å². The molecule has 154 valence electrons. The number of hydrogen-bond donors (Lipinski definition) is 2. The summed E-state index contributed by atoms with van der Waals surface area (Å²) in [5.74, 6) is -0.449. The van der Waals surface area contributed by atoms with Crippen molar-refractivity contribution >= 4 is 56.9 Å². The quantitative estimate of drug-likeness (QED) is 0.250. The number of carbonyl (C=O) groups is 2. The van der Waals surface area contributed by atoms with Crippen molar-refractivity contribution in [2.45, 2.75) is 25.4 Å². The maximum atomic E-state index is 13.4. The Balaban J connectivity index is 1.87. The summed E-state index contributed by atoms with van der Waals surface area (Å²) in [6.07, 6.45) is -0.950. The predicted octanol–water partition coefficient (Wildman–Crippen LogP) is 4.09. The normalized spacial score (nSPS) is 17.5. The molecule has 0 saturated heterocycles. The highest BCUT2D eigenvalue weighted by molar-refractivity contribution is 14.1. The molecule has 2 atom stereocenters. The van der Waals surface area contributed by atoms with Crippen LogP contribution in [0.1, 0.15) is 35.2 Å². The lowest BCUT2D eigenvalue weighted by Crippen LogP contribution is -2.28. The van der Waals surface area contributed by atoms with Crippen LogP contribution in [0.3, 0.4) is 0 Å². The number of aliphatic carboxylic acids is 1. The molecule has 1 aliphatic rings. The summed E-state index contributed by atoms with van der Waals surface area (Å²) in [4.78, 5) is 24.7. The summed E-state index contributed by atoms with van der Waals surface area (Å²) in [7, 11) is 0. The summed E-state index contributed by atoms with van der Waals surface area (Å²) in [5, 5.41) is 12.5. The molecule has 0 spiro atoms. The van der Waals surface area contributed by atoms with E-state index in [1.807, 2.05) is 25.1 Å². The summed E-state index contributed by atoms with van der Waals surface area (Å²) >= 11 is 4.33. The second kappa shape index (κ2) is 10.1. The molecule has 0 aromatic heterocycles. The maximum Gasteiger partial charge on any atom is 0.307 e. The van der Waals surface area contributed by atoms with E-state index in [4.69, 9.17) is 9.47 Å². The fourth-order valence-corrected chi connectivity index (χ4v) is 5.42. The molecular weight excluding hydrogens is 600 g/mol. The van der Waals surface area contributed by atoms with Gasteiger partial charge in [0.1, 0.15) is 24.2 Å². The van der Waals surface area contributed by atoms with Crippen LogP contribution >= 0.6 is 45.2 Å². The number of benzene rings is 2. The highest BCUT2D eigenvalue weighted by atomic mass is 127. The Morgan fingerprint density at radius 3 is 2.55 bits per heavy atom. The molecule has 3 rings (SSSR count). The van der Waals surface area contributed by atoms with Gasteiger partial charge in [-0.2, -0.15) is 0 Å². The molecule has 2 aromatic carbocycles. The van der Waals surface area contributed by atoms with E-state index in [0.717, 1.165) is 31.5 Å². The van der Waals surface area contributed by atoms with Crippen molar-refractivity contribution in [1.29, 1.82) is 0 Å². The number of para-hydroxylation sites is 1. The average Bonchev–Trinajstić information content (AvgIpc) is 3.03. The second-order valence-electron chi connectivity index (χ2n) is 6.60. The van der Waals surface area contributed by atoms with Gasteiger partial charge >= 0.3 is 5.97 Å². The molecule has 2 aromatic rings. The van der Waals surface area contributed by atoms with Gasteiger partial charge in [-0.25, -0.2) is 0 Å². The maximum absolute atomic E-state index is 13.4. The van der Waals surface area contributed by atoms with Gasteiger partial charge in [-0.05, 0) is 69.9 Å².